The number of pyridine rings is 1. The third-order valence-electron chi connectivity index (χ3n) is 7.11. The molecule has 0 unspecified atom stereocenters. The summed E-state index contributed by atoms with van der Waals surface area (Å²) in [5.74, 6) is 0.771. The minimum absolute atomic E-state index is 0.0814. The van der Waals surface area contributed by atoms with Gasteiger partial charge in [-0.1, -0.05) is 18.9 Å². The molecule has 3 aromatic rings. The second-order valence-electron chi connectivity index (χ2n) is 9.34. The van der Waals surface area contributed by atoms with Gasteiger partial charge in [0.15, 0.2) is 6.04 Å². The van der Waals surface area contributed by atoms with E-state index in [2.05, 4.69) is 33.5 Å². The van der Waals surface area contributed by atoms with Gasteiger partial charge in [-0.05, 0) is 60.4 Å². The lowest BCUT2D eigenvalue weighted by Gasteiger charge is -2.33. The number of aryl methyl sites for hydroxylation is 2. The maximum absolute atomic E-state index is 13.3. The van der Waals surface area contributed by atoms with Crippen LogP contribution in [0.4, 0.5) is 0 Å². The number of nitrogens with zero attached hydrogens (tertiary/aromatic N) is 4. The first-order valence-corrected chi connectivity index (χ1v) is 11.5. The van der Waals surface area contributed by atoms with E-state index in [1.54, 1.807) is 0 Å². The maximum Gasteiger partial charge on any atom is 0.258 e. The molecule has 0 radical (unpaired) electrons. The number of H-pyrrole nitrogens is 1. The monoisotopic (exact) mass is 423 g/mol. The van der Waals surface area contributed by atoms with Crippen molar-refractivity contribution in [1.29, 1.82) is 0 Å². The van der Waals surface area contributed by atoms with Crippen LogP contribution in [0.2, 0.25) is 0 Å². The molecule has 1 aliphatic carbocycles. The molecular weight excluding hydrogens is 392 g/mol. The zero-order valence-corrected chi connectivity index (χ0v) is 18.3. The van der Waals surface area contributed by atoms with Gasteiger partial charge in [0.1, 0.15) is 0 Å². The van der Waals surface area contributed by atoms with Crippen LogP contribution in [-0.4, -0.2) is 49.5 Å². The summed E-state index contributed by atoms with van der Waals surface area (Å²) < 4.78 is 1.97. The number of aromatic amines is 1. The maximum atomic E-state index is 13.3. The van der Waals surface area contributed by atoms with Crippen LogP contribution in [0, 0.1) is 13.8 Å². The van der Waals surface area contributed by atoms with Crippen molar-refractivity contribution in [2.24, 2.45) is 0 Å². The van der Waals surface area contributed by atoms with Gasteiger partial charge in [0.05, 0.1) is 30.8 Å². The molecule has 164 valence electrons. The first-order chi connectivity index (χ1) is 15.0. The molecule has 31 heavy (non-hydrogen) atoms. The Morgan fingerprint density at radius 2 is 1.87 bits per heavy atom. The molecule has 2 aliphatic rings. The molecule has 1 atom stereocenters. The number of aromatic nitrogens is 5. The molecule has 1 saturated heterocycles. The van der Waals surface area contributed by atoms with E-state index < -0.39 is 0 Å². The summed E-state index contributed by atoms with van der Waals surface area (Å²) >= 11 is 0. The Bertz CT molecular complexity index is 1140. The van der Waals surface area contributed by atoms with E-state index in [1.165, 1.54) is 17.7 Å². The van der Waals surface area contributed by atoms with Crippen molar-refractivity contribution < 1.29 is 10.0 Å². The van der Waals surface area contributed by atoms with Crippen molar-refractivity contribution in [2.45, 2.75) is 70.6 Å². The molecule has 1 saturated carbocycles. The average Bonchev–Trinajstić information content (AvgIpc) is 3.42. The normalized spacial score (nSPS) is 23.5. The number of nitrogens with one attached hydrogen (secondary N) is 2. The summed E-state index contributed by atoms with van der Waals surface area (Å²) in [4.78, 5) is 17.7. The highest BCUT2D eigenvalue weighted by Gasteiger charge is 2.38. The number of benzene rings is 1. The Labute approximate surface area is 181 Å². The summed E-state index contributed by atoms with van der Waals surface area (Å²) in [6.07, 6.45) is 5.70. The molecule has 8 nitrogen and oxygen atoms in total. The number of quaternary nitrogens is 1. The summed E-state index contributed by atoms with van der Waals surface area (Å²) in [6, 6.07) is 6.25. The molecule has 0 amide bonds. The molecule has 2 aromatic heterocycles. The number of hydrogen-bond donors (Lipinski definition) is 3. The van der Waals surface area contributed by atoms with Gasteiger partial charge in [0, 0.05) is 23.7 Å². The van der Waals surface area contributed by atoms with Crippen LogP contribution >= 0.6 is 0 Å². The summed E-state index contributed by atoms with van der Waals surface area (Å²) in [6.45, 7) is 5.70. The van der Waals surface area contributed by atoms with E-state index in [1.807, 2.05) is 23.7 Å². The second-order valence-corrected chi connectivity index (χ2v) is 9.34. The highest BCUT2D eigenvalue weighted by molar-refractivity contribution is 5.83. The summed E-state index contributed by atoms with van der Waals surface area (Å²) in [7, 11) is 0. The zero-order valence-electron chi connectivity index (χ0n) is 18.3. The van der Waals surface area contributed by atoms with Crippen molar-refractivity contribution in [3.63, 3.8) is 0 Å². The molecule has 3 N–H and O–H groups in total. The predicted molar refractivity (Wildman–Crippen MR) is 117 cm³/mol. The van der Waals surface area contributed by atoms with E-state index in [0.717, 1.165) is 66.6 Å². The number of tetrazole rings is 1. The van der Waals surface area contributed by atoms with Gasteiger partial charge in [-0.2, -0.15) is 0 Å². The third kappa shape index (κ3) is 3.78. The molecule has 3 heterocycles. The molecule has 0 bridgehead atoms. The standard InChI is InChI=1S/C23H30N6O2/c1-14-11-15(2)18-13-19(23(31)24-20(18)12-14)21(28-9-7-17(30)8-10-28)22-25-26-27-29(22)16-5-3-4-6-16/h11-13,16-17,21,30H,3-10H2,1-2H3,(H,24,31)/p+1/t21-/m0/s1. The van der Waals surface area contributed by atoms with Crippen molar-refractivity contribution in [3.8, 4) is 0 Å². The Kier molecular flexibility index (Phi) is 5.35. The van der Waals surface area contributed by atoms with Gasteiger partial charge in [-0.15, -0.1) is 5.10 Å². The minimum atomic E-state index is -0.268. The van der Waals surface area contributed by atoms with Crippen LogP contribution in [0.3, 0.4) is 0 Å². The van der Waals surface area contributed by atoms with Crippen LogP contribution < -0.4 is 10.5 Å². The lowest BCUT2D eigenvalue weighted by Crippen LogP contribution is -3.14. The Morgan fingerprint density at radius 1 is 1.13 bits per heavy atom. The second kappa shape index (κ2) is 8.16. The minimum Gasteiger partial charge on any atom is -0.393 e. The topological polar surface area (TPSA) is 101 Å². The van der Waals surface area contributed by atoms with Crippen LogP contribution in [0.25, 0.3) is 10.9 Å². The Balaban J connectivity index is 1.66. The van der Waals surface area contributed by atoms with Crippen LogP contribution in [0.1, 0.15) is 73.1 Å². The van der Waals surface area contributed by atoms with E-state index >= 15 is 0 Å². The number of likely N-dealkylation sites (tertiary alicyclic amines) is 1. The number of aliphatic hydroxyl groups is 1. The smallest absolute Gasteiger partial charge is 0.258 e. The predicted octanol–water partition coefficient (Wildman–Crippen LogP) is 1.38. The first-order valence-electron chi connectivity index (χ1n) is 11.5. The number of rotatable bonds is 4. The van der Waals surface area contributed by atoms with Gasteiger partial charge in [-0.3, -0.25) is 4.79 Å². The largest absolute Gasteiger partial charge is 0.393 e. The van der Waals surface area contributed by atoms with E-state index in [4.69, 9.17) is 0 Å². The first kappa shape index (κ1) is 20.3. The Hall–Kier alpha value is -2.58. The van der Waals surface area contributed by atoms with Crippen molar-refractivity contribution in [1.82, 2.24) is 25.2 Å². The van der Waals surface area contributed by atoms with Crippen molar-refractivity contribution in [2.75, 3.05) is 13.1 Å². The highest BCUT2D eigenvalue weighted by atomic mass is 16.3. The molecule has 8 heteroatoms. The number of aliphatic hydroxyl groups excluding tert-OH is 1. The molecule has 2 fully saturated rings. The fourth-order valence-corrected chi connectivity index (χ4v) is 5.51. The van der Waals surface area contributed by atoms with Crippen molar-refractivity contribution in [3.05, 3.63) is 51.1 Å². The summed E-state index contributed by atoms with van der Waals surface area (Å²) in [5, 5.41) is 24.0. The van der Waals surface area contributed by atoms with Crippen LogP contribution in [-0.2, 0) is 0 Å². The van der Waals surface area contributed by atoms with Gasteiger partial charge in [0.25, 0.3) is 5.56 Å². The van der Waals surface area contributed by atoms with Crippen molar-refractivity contribution >= 4 is 10.9 Å². The van der Waals surface area contributed by atoms with E-state index in [0.29, 0.717) is 11.6 Å². The lowest BCUT2D eigenvalue weighted by molar-refractivity contribution is -0.932. The van der Waals surface area contributed by atoms with Gasteiger partial charge in [0.2, 0.25) is 5.82 Å². The van der Waals surface area contributed by atoms with Crippen LogP contribution in [0.15, 0.2) is 23.0 Å². The summed E-state index contributed by atoms with van der Waals surface area (Å²) in [5.41, 5.74) is 3.77. The quantitative estimate of drug-likeness (QED) is 0.589. The molecular formula is C23H31N6O2+. The molecule has 0 spiro atoms. The van der Waals surface area contributed by atoms with Gasteiger partial charge in [-0.25, -0.2) is 4.68 Å². The molecule has 5 rings (SSSR count). The molecule has 1 aliphatic heterocycles. The fraction of sp³-hybridized carbons (Fsp3) is 0.565. The van der Waals surface area contributed by atoms with E-state index in [-0.39, 0.29) is 17.7 Å². The fourth-order valence-electron chi connectivity index (χ4n) is 5.51. The number of piperidine rings is 1. The zero-order chi connectivity index (χ0) is 21.5. The molecule has 1 aromatic carbocycles. The van der Waals surface area contributed by atoms with E-state index in [9.17, 15) is 9.90 Å². The van der Waals surface area contributed by atoms with Gasteiger partial charge >= 0.3 is 0 Å². The third-order valence-corrected chi connectivity index (χ3v) is 7.11. The SMILES string of the molecule is Cc1cc(C)c2cc([C@@H](c3nnnn3C3CCCC3)[NH+]3CCC(O)CC3)c(=O)[nH]c2c1. The average molecular weight is 424 g/mol. The lowest BCUT2D eigenvalue weighted by atomic mass is 9.97. The van der Waals surface area contributed by atoms with Gasteiger partial charge < -0.3 is 15.0 Å². The number of hydrogen-bond acceptors (Lipinski definition) is 5. The van der Waals surface area contributed by atoms with Crippen LogP contribution in [0.5, 0.6) is 0 Å². The number of fused-ring (bicyclic) bond motifs is 1. The highest BCUT2D eigenvalue weighted by Crippen LogP contribution is 2.31. The Morgan fingerprint density at radius 3 is 2.61 bits per heavy atom.